The molecule has 0 aliphatic carbocycles. The van der Waals surface area contributed by atoms with Crippen molar-refractivity contribution in [2.75, 3.05) is 11.9 Å². The first kappa shape index (κ1) is 26.7. The second-order valence-electron chi connectivity index (χ2n) is 8.98. The topological polar surface area (TPSA) is 129 Å². The average Bonchev–Trinajstić information content (AvgIpc) is 3.39. The molecule has 3 aromatic carbocycles. The normalized spacial score (nSPS) is 11.8. The van der Waals surface area contributed by atoms with Crippen LogP contribution < -0.4 is 20.5 Å². The van der Waals surface area contributed by atoms with Crippen molar-refractivity contribution in [3.8, 4) is 22.8 Å². The number of H-pyrrole nitrogens is 1. The number of aromatic amines is 1. The van der Waals surface area contributed by atoms with Gasteiger partial charge in [0.05, 0.1) is 25.0 Å². The summed E-state index contributed by atoms with van der Waals surface area (Å²) in [5, 5.41) is 20.8. The quantitative estimate of drug-likeness (QED) is 0.134. The van der Waals surface area contributed by atoms with Crippen molar-refractivity contribution in [2.24, 2.45) is 5.73 Å². The number of nitrogens with one attached hydrogen (secondary N) is 3. The van der Waals surface area contributed by atoms with Crippen LogP contribution in [-0.2, 0) is 6.61 Å². The zero-order chi connectivity index (χ0) is 27.2. The van der Waals surface area contributed by atoms with Crippen LogP contribution in [-0.4, -0.2) is 33.6 Å². The molecule has 4 rings (SSSR count). The summed E-state index contributed by atoms with van der Waals surface area (Å²) in [4.78, 5) is 7.97. The van der Waals surface area contributed by atoms with Gasteiger partial charge >= 0.3 is 0 Å². The molecule has 0 bridgehead atoms. The Balaban J connectivity index is 1.83. The Morgan fingerprint density at radius 3 is 2.55 bits per heavy atom. The highest BCUT2D eigenvalue weighted by atomic mass is 19.1. The molecule has 6 N–H and O–H groups in total. The van der Waals surface area contributed by atoms with Gasteiger partial charge in [-0.1, -0.05) is 24.3 Å². The van der Waals surface area contributed by atoms with Crippen LogP contribution in [0, 0.1) is 11.2 Å². The molecule has 1 aromatic heterocycles. The molecule has 0 radical (unpaired) electrons. The van der Waals surface area contributed by atoms with Gasteiger partial charge in [0, 0.05) is 34.6 Å². The molecule has 1 atom stereocenters. The minimum Gasteiger partial charge on any atom is -0.494 e. The van der Waals surface area contributed by atoms with Gasteiger partial charge in [0.2, 0.25) is 0 Å². The number of aromatic nitrogens is 2. The molecule has 38 heavy (non-hydrogen) atoms. The summed E-state index contributed by atoms with van der Waals surface area (Å²) in [5.74, 6) is 0.421. The first-order valence-corrected chi connectivity index (χ1v) is 12.4. The number of rotatable bonds is 11. The Morgan fingerprint density at radius 1 is 1.16 bits per heavy atom. The first-order valence-electron chi connectivity index (χ1n) is 12.4. The molecular formula is C29H32FN5O3. The van der Waals surface area contributed by atoms with E-state index in [9.17, 15) is 5.11 Å². The third-order valence-electron chi connectivity index (χ3n) is 5.87. The van der Waals surface area contributed by atoms with Crippen molar-refractivity contribution in [2.45, 2.75) is 39.5 Å². The van der Waals surface area contributed by atoms with E-state index in [2.05, 4.69) is 10.3 Å². The van der Waals surface area contributed by atoms with Crippen molar-refractivity contribution in [3.63, 3.8) is 0 Å². The smallest absolute Gasteiger partial charge is 0.171 e. The molecule has 0 saturated heterocycles. The Hall–Kier alpha value is -4.37. The summed E-state index contributed by atoms with van der Waals surface area (Å²) in [7, 11) is 0. The number of anilines is 1. The molecule has 198 valence electrons. The number of nitrogens with zero attached hydrogens (tertiary/aromatic N) is 1. The van der Waals surface area contributed by atoms with E-state index in [-0.39, 0.29) is 29.9 Å². The van der Waals surface area contributed by atoms with Gasteiger partial charge in [-0.05, 0) is 56.7 Å². The highest BCUT2D eigenvalue weighted by Crippen LogP contribution is 2.36. The van der Waals surface area contributed by atoms with Gasteiger partial charge in [-0.3, -0.25) is 5.41 Å². The highest BCUT2D eigenvalue weighted by Gasteiger charge is 2.26. The van der Waals surface area contributed by atoms with Gasteiger partial charge in [0.15, 0.2) is 11.6 Å². The largest absolute Gasteiger partial charge is 0.494 e. The summed E-state index contributed by atoms with van der Waals surface area (Å²) < 4.78 is 27.5. The van der Waals surface area contributed by atoms with Crippen molar-refractivity contribution in [1.29, 1.82) is 5.41 Å². The van der Waals surface area contributed by atoms with Crippen molar-refractivity contribution in [3.05, 3.63) is 95.2 Å². The van der Waals surface area contributed by atoms with Crippen LogP contribution in [0.25, 0.3) is 11.3 Å². The van der Waals surface area contributed by atoms with Crippen LogP contribution in [0.5, 0.6) is 11.5 Å². The number of hydrogen-bond donors (Lipinski definition) is 5. The summed E-state index contributed by atoms with van der Waals surface area (Å²) in [5.41, 5.74) is 9.24. The van der Waals surface area contributed by atoms with Crippen molar-refractivity contribution in [1.82, 2.24) is 9.97 Å². The van der Waals surface area contributed by atoms with Crippen LogP contribution in [0.1, 0.15) is 49.3 Å². The molecule has 1 heterocycles. The number of hydrogen-bond acceptors (Lipinski definition) is 6. The van der Waals surface area contributed by atoms with Gasteiger partial charge in [0.1, 0.15) is 23.5 Å². The lowest BCUT2D eigenvalue weighted by Crippen LogP contribution is -2.18. The zero-order valence-corrected chi connectivity index (χ0v) is 21.6. The summed E-state index contributed by atoms with van der Waals surface area (Å²) in [6.45, 7) is 5.78. The number of halogens is 1. The third kappa shape index (κ3) is 5.95. The fourth-order valence-electron chi connectivity index (χ4n) is 4.13. The fraction of sp³-hybridized carbons (Fsp3) is 0.241. The maximum absolute atomic E-state index is 16.0. The van der Waals surface area contributed by atoms with Crippen LogP contribution in [0.15, 0.2) is 66.9 Å². The van der Waals surface area contributed by atoms with E-state index in [0.29, 0.717) is 35.1 Å². The van der Waals surface area contributed by atoms with Crippen molar-refractivity contribution >= 4 is 11.5 Å². The number of ether oxygens (including phenoxy) is 2. The monoisotopic (exact) mass is 517 g/mol. The molecule has 0 amide bonds. The number of benzene rings is 3. The number of amidine groups is 1. The van der Waals surface area contributed by atoms with E-state index >= 15 is 4.39 Å². The van der Waals surface area contributed by atoms with E-state index in [4.69, 9.17) is 25.6 Å². The van der Waals surface area contributed by atoms with E-state index in [1.807, 2.05) is 45.0 Å². The van der Waals surface area contributed by atoms with Gasteiger partial charge < -0.3 is 30.6 Å². The van der Waals surface area contributed by atoms with Gasteiger partial charge in [-0.25, -0.2) is 9.37 Å². The van der Waals surface area contributed by atoms with Gasteiger partial charge in [0.25, 0.3) is 0 Å². The van der Waals surface area contributed by atoms with Crippen LogP contribution in [0.2, 0.25) is 0 Å². The minimum atomic E-state index is -0.761. The van der Waals surface area contributed by atoms with Gasteiger partial charge in [-0.2, -0.15) is 0 Å². The summed E-state index contributed by atoms with van der Waals surface area (Å²) in [6, 6.07) is 16.8. The standard InChI is InChI=1S/C29H32FN5O3/c1-4-37-21-13-23(26(30)25(14-21)38-17(2)3)27(34-20-11-9-18(10-12-20)28(31)32)29-33-15-24(35-29)22-8-6-5-7-19(22)16-36/h5-15,17,27,34,36H,4,16H2,1-3H3,(H3,31,32)(H,33,35). The maximum Gasteiger partial charge on any atom is 0.171 e. The molecule has 9 heteroatoms. The molecule has 4 aromatic rings. The molecule has 8 nitrogen and oxygen atoms in total. The molecule has 0 aliphatic heterocycles. The van der Waals surface area contributed by atoms with E-state index in [1.54, 1.807) is 42.6 Å². The summed E-state index contributed by atoms with van der Waals surface area (Å²) in [6.07, 6.45) is 1.48. The van der Waals surface area contributed by atoms with Crippen LogP contribution >= 0.6 is 0 Å². The lowest BCUT2D eigenvalue weighted by Gasteiger charge is -2.22. The zero-order valence-electron chi connectivity index (χ0n) is 21.6. The average molecular weight is 518 g/mol. The van der Waals surface area contributed by atoms with E-state index in [0.717, 1.165) is 11.1 Å². The van der Waals surface area contributed by atoms with Crippen LogP contribution in [0.3, 0.4) is 0 Å². The third-order valence-corrected chi connectivity index (χ3v) is 5.87. The number of nitrogens with two attached hydrogens (primary N) is 1. The molecule has 1 unspecified atom stereocenters. The number of nitrogen functional groups attached to an aromatic ring is 1. The van der Waals surface area contributed by atoms with Gasteiger partial charge in [-0.15, -0.1) is 0 Å². The number of aliphatic hydroxyl groups is 1. The molecular weight excluding hydrogens is 485 g/mol. The Labute approximate surface area is 221 Å². The predicted octanol–water partition coefficient (Wildman–Crippen LogP) is 5.38. The SMILES string of the molecule is CCOc1cc(OC(C)C)c(F)c(C(Nc2ccc(C(=N)N)cc2)c2nc(-c3ccccc3CO)c[nH]2)c1. The second-order valence-corrected chi connectivity index (χ2v) is 8.98. The summed E-state index contributed by atoms with van der Waals surface area (Å²) >= 11 is 0. The van der Waals surface area contributed by atoms with Crippen molar-refractivity contribution < 1.29 is 19.0 Å². The molecule has 0 spiro atoms. The molecule has 0 saturated carbocycles. The predicted molar refractivity (Wildman–Crippen MR) is 146 cm³/mol. The minimum absolute atomic E-state index is 0.0442. The van der Waals surface area contributed by atoms with E-state index < -0.39 is 11.9 Å². The number of imidazole rings is 1. The lowest BCUT2D eigenvalue weighted by atomic mass is 10.0. The second kappa shape index (κ2) is 11.8. The number of aliphatic hydroxyl groups excluding tert-OH is 1. The molecule has 0 fully saturated rings. The molecule has 0 aliphatic rings. The van der Waals surface area contributed by atoms with Crippen LogP contribution in [0.4, 0.5) is 10.1 Å². The first-order chi connectivity index (χ1) is 18.3. The fourth-order valence-corrected chi connectivity index (χ4v) is 4.13. The lowest BCUT2D eigenvalue weighted by molar-refractivity contribution is 0.228. The van der Waals surface area contributed by atoms with E-state index in [1.165, 1.54) is 0 Å². The Bertz CT molecular complexity index is 1400. The highest BCUT2D eigenvalue weighted by molar-refractivity contribution is 5.95. The Kier molecular flexibility index (Phi) is 8.28. The maximum atomic E-state index is 16.0. The Morgan fingerprint density at radius 2 is 1.89 bits per heavy atom.